The van der Waals surface area contributed by atoms with Gasteiger partial charge in [-0.15, -0.1) is 0 Å². The van der Waals surface area contributed by atoms with Crippen molar-refractivity contribution in [3.8, 4) is 11.8 Å². The smallest absolute Gasteiger partial charge is 0.417 e. The fourth-order valence-corrected chi connectivity index (χ4v) is 3.99. The number of nitrogens with zero attached hydrogens (tertiary/aromatic N) is 3. The first kappa shape index (κ1) is 27.9. The number of carbonyl (C=O) groups is 1. The van der Waals surface area contributed by atoms with Crippen LogP contribution in [0.15, 0.2) is 63.7 Å². The molecule has 35 heavy (non-hydrogen) atoms. The van der Waals surface area contributed by atoms with E-state index in [1.54, 1.807) is 12.1 Å². The SMILES string of the molecule is C.COc1cc(OC)nc(Sc2cccc(Cl)c2C(=O)O/N=C(\C)c2ccccc2C(F)(F)F)n1. The van der Waals surface area contributed by atoms with Gasteiger partial charge in [-0.3, -0.25) is 0 Å². The normalized spacial score (nSPS) is 11.5. The van der Waals surface area contributed by atoms with E-state index in [9.17, 15) is 18.0 Å². The summed E-state index contributed by atoms with van der Waals surface area (Å²) in [6.45, 7) is 1.30. The van der Waals surface area contributed by atoms with Gasteiger partial charge in [0.15, 0.2) is 5.16 Å². The largest absolute Gasteiger partial charge is 0.481 e. The van der Waals surface area contributed by atoms with E-state index >= 15 is 0 Å². The maximum Gasteiger partial charge on any atom is 0.417 e. The Balaban J connectivity index is 0.00000432. The average molecular weight is 528 g/mol. The Morgan fingerprint density at radius 3 is 2.26 bits per heavy atom. The van der Waals surface area contributed by atoms with Crippen molar-refractivity contribution in [2.24, 2.45) is 5.16 Å². The summed E-state index contributed by atoms with van der Waals surface area (Å²) in [5, 5.41) is 3.87. The molecule has 1 aromatic heterocycles. The molecule has 0 radical (unpaired) electrons. The van der Waals surface area contributed by atoms with E-state index in [4.69, 9.17) is 25.9 Å². The van der Waals surface area contributed by atoms with Crippen molar-refractivity contribution >= 4 is 35.0 Å². The zero-order chi connectivity index (χ0) is 24.9. The van der Waals surface area contributed by atoms with Crippen LogP contribution in [0.5, 0.6) is 11.8 Å². The van der Waals surface area contributed by atoms with Crippen molar-refractivity contribution in [2.45, 2.75) is 30.6 Å². The van der Waals surface area contributed by atoms with Gasteiger partial charge >= 0.3 is 12.1 Å². The molecule has 186 valence electrons. The number of methoxy groups -OCH3 is 2. The lowest BCUT2D eigenvalue weighted by Gasteiger charge is -2.12. The number of alkyl halides is 3. The highest BCUT2D eigenvalue weighted by molar-refractivity contribution is 7.99. The van der Waals surface area contributed by atoms with E-state index in [1.807, 2.05) is 0 Å². The quantitative estimate of drug-likeness (QED) is 0.149. The molecule has 0 atom stereocenters. The van der Waals surface area contributed by atoms with Gasteiger partial charge in [0.25, 0.3) is 0 Å². The predicted octanol–water partition coefficient (Wildman–Crippen LogP) is 6.53. The number of oxime groups is 1. The summed E-state index contributed by atoms with van der Waals surface area (Å²) < 4.78 is 50.1. The van der Waals surface area contributed by atoms with E-state index in [0.29, 0.717) is 4.90 Å². The lowest BCUT2D eigenvalue weighted by Crippen LogP contribution is -2.13. The molecule has 7 nitrogen and oxygen atoms in total. The fourth-order valence-electron chi connectivity index (χ4n) is 2.77. The Hall–Kier alpha value is -3.31. The van der Waals surface area contributed by atoms with Crippen LogP contribution in [0.2, 0.25) is 5.02 Å². The van der Waals surface area contributed by atoms with Gasteiger partial charge < -0.3 is 14.3 Å². The second-order valence-electron chi connectivity index (χ2n) is 6.55. The minimum absolute atomic E-state index is 0. The number of rotatable bonds is 7. The zero-order valence-electron chi connectivity index (χ0n) is 18.0. The molecule has 0 bridgehead atoms. The third-order valence-electron chi connectivity index (χ3n) is 4.35. The molecule has 0 fully saturated rings. The molecule has 0 saturated carbocycles. The summed E-state index contributed by atoms with van der Waals surface area (Å²) in [6.07, 6.45) is -4.60. The summed E-state index contributed by atoms with van der Waals surface area (Å²) in [7, 11) is 2.85. The molecule has 0 spiro atoms. The molecule has 1 heterocycles. The maximum absolute atomic E-state index is 13.3. The lowest BCUT2D eigenvalue weighted by atomic mass is 10.0. The van der Waals surface area contributed by atoms with Crippen LogP contribution >= 0.6 is 23.4 Å². The van der Waals surface area contributed by atoms with Gasteiger partial charge in [0.1, 0.15) is 0 Å². The number of benzene rings is 2. The number of hydrogen-bond acceptors (Lipinski definition) is 8. The van der Waals surface area contributed by atoms with Crippen LogP contribution in [0.3, 0.4) is 0 Å². The third kappa shape index (κ3) is 6.86. The minimum Gasteiger partial charge on any atom is -0.481 e. The highest BCUT2D eigenvalue weighted by Gasteiger charge is 2.33. The van der Waals surface area contributed by atoms with Crippen molar-refractivity contribution in [1.29, 1.82) is 0 Å². The monoisotopic (exact) mass is 527 g/mol. The highest BCUT2D eigenvalue weighted by Crippen LogP contribution is 2.35. The summed E-state index contributed by atoms with van der Waals surface area (Å²) in [6, 6.07) is 11.0. The first-order valence-corrected chi connectivity index (χ1v) is 10.7. The van der Waals surface area contributed by atoms with Gasteiger partial charge in [-0.1, -0.05) is 48.4 Å². The van der Waals surface area contributed by atoms with Crippen LogP contribution in [0.25, 0.3) is 0 Å². The molecule has 0 amide bonds. The summed E-state index contributed by atoms with van der Waals surface area (Å²) in [5.41, 5.74) is -1.30. The highest BCUT2D eigenvalue weighted by atomic mass is 35.5. The molecule has 12 heteroatoms. The standard InChI is InChI=1S/C22H17ClF3N3O4S.CH4/c1-12(13-7-4-5-8-14(13)22(24,25)26)29-33-20(30)19-15(23)9-6-10-16(19)34-21-27-17(31-2)11-18(28-21)32-3;/h4-11H,1-3H3;1H4/b29-12+;. The Morgan fingerprint density at radius 2 is 1.66 bits per heavy atom. The van der Waals surface area contributed by atoms with E-state index < -0.39 is 17.7 Å². The molecule has 0 unspecified atom stereocenters. The van der Waals surface area contributed by atoms with Crippen molar-refractivity contribution in [2.75, 3.05) is 14.2 Å². The van der Waals surface area contributed by atoms with Crippen LogP contribution in [0, 0.1) is 0 Å². The van der Waals surface area contributed by atoms with Gasteiger partial charge in [0.2, 0.25) is 11.8 Å². The van der Waals surface area contributed by atoms with E-state index in [1.165, 1.54) is 51.5 Å². The Kier molecular flexibility index (Phi) is 9.49. The van der Waals surface area contributed by atoms with E-state index in [-0.39, 0.29) is 46.2 Å². The van der Waals surface area contributed by atoms with Gasteiger partial charge in [-0.05, 0) is 36.9 Å². The zero-order valence-corrected chi connectivity index (χ0v) is 19.6. The molecule has 0 aliphatic rings. The van der Waals surface area contributed by atoms with E-state index in [2.05, 4.69) is 15.1 Å². The predicted molar refractivity (Wildman–Crippen MR) is 127 cm³/mol. The molecule has 2 aromatic carbocycles. The van der Waals surface area contributed by atoms with Crippen LogP contribution in [-0.2, 0) is 11.0 Å². The van der Waals surface area contributed by atoms with Crippen LogP contribution < -0.4 is 9.47 Å². The maximum atomic E-state index is 13.3. The minimum atomic E-state index is -4.60. The Bertz CT molecular complexity index is 1220. The molecule has 3 aromatic rings. The Morgan fingerprint density at radius 1 is 1.03 bits per heavy atom. The number of aromatic nitrogens is 2. The first-order valence-electron chi connectivity index (χ1n) is 9.50. The van der Waals surface area contributed by atoms with Crippen molar-refractivity contribution in [3.63, 3.8) is 0 Å². The summed E-state index contributed by atoms with van der Waals surface area (Å²) in [4.78, 5) is 26.5. The molecular formula is C23H21ClF3N3O4S. The van der Waals surface area contributed by atoms with Gasteiger partial charge in [-0.25, -0.2) is 4.79 Å². The molecule has 0 saturated heterocycles. The number of hydrogen-bond donors (Lipinski definition) is 0. The molecule has 0 aliphatic carbocycles. The number of carbonyl (C=O) groups excluding carboxylic acids is 1. The van der Waals surface area contributed by atoms with Gasteiger partial charge in [0, 0.05) is 10.5 Å². The van der Waals surface area contributed by atoms with Crippen molar-refractivity contribution in [1.82, 2.24) is 9.97 Å². The molecule has 0 aliphatic heterocycles. The molecular weight excluding hydrogens is 507 g/mol. The second kappa shape index (κ2) is 11.9. The van der Waals surface area contributed by atoms with E-state index in [0.717, 1.165) is 17.8 Å². The van der Waals surface area contributed by atoms with Gasteiger partial charge in [0.05, 0.1) is 42.1 Å². The third-order valence-corrected chi connectivity index (χ3v) is 5.59. The van der Waals surface area contributed by atoms with Crippen molar-refractivity contribution in [3.05, 3.63) is 70.2 Å². The van der Waals surface area contributed by atoms with Crippen molar-refractivity contribution < 1.29 is 32.3 Å². The first-order chi connectivity index (χ1) is 16.1. The summed E-state index contributed by atoms with van der Waals surface area (Å²) >= 11 is 7.21. The Labute approximate surface area is 209 Å². The fraction of sp³-hybridized carbons (Fsp3) is 0.217. The van der Waals surface area contributed by atoms with Crippen LogP contribution in [0.4, 0.5) is 13.2 Å². The molecule has 3 rings (SSSR count). The number of ether oxygens (including phenoxy) is 2. The lowest BCUT2D eigenvalue weighted by molar-refractivity contribution is -0.137. The van der Waals surface area contributed by atoms with Crippen LogP contribution in [-0.4, -0.2) is 35.9 Å². The van der Waals surface area contributed by atoms with Crippen LogP contribution in [0.1, 0.15) is 35.8 Å². The summed E-state index contributed by atoms with van der Waals surface area (Å²) in [5.74, 6) is -0.486. The topological polar surface area (TPSA) is 82.9 Å². The molecule has 0 N–H and O–H groups in total. The van der Waals surface area contributed by atoms with Gasteiger partial charge in [-0.2, -0.15) is 23.1 Å². The number of halogens is 4. The second-order valence-corrected chi connectivity index (χ2v) is 7.97. The average Bonchev–Trinajstić information content (AvgIpc) is 2.81.